The number of nitrogen functional groups attached to an aromatic ring is 1. The topological polar surface area (TPSA) is 92.0 Å². The summed E-state index contributed by atoms with van der Waals surface area (Å²) in [5.41, 5.74) is 8.87. The van der Waals surface area contributed by atoms with E-state index in [4.69, 9.17) is 15.6 Å². The lowest BCUT2D eigenvalue weighted by atomic mass is 10.2. The molecular weight excluding hydrogens is 245 g/mol. The van der Waals surface area contributed by atoms with Crippen LogP contribution in [0.5, 0.6) is 0 Å². The molecule has 19 heavy (non-hydrogen) atoms. The van der Waals surface area contributed by atoms with Gasteiger partial charge in [-0.1, -0.05) is 18.2 Å². The first-order valence-corrected chi connectivity index (χ1v) is 5.82. The number of rotatable bonds is 0. The minimum Gasteiger partial charge on any atom is -0.481 e. The summed E-state index contributed by atoms with van der Waals surface area (Å²) in [7, 11) is 0. The average molecular weight is 260 g/mol. The zero-order valence-electron chi connectivity index (χ0n) is 10.8. The number of fused-ring (bicyclic) bond motifs is 3. The van der Waals surface area contributed by atoms with Gasteiger partial charge in [-0.3, -0.25) is 4.79 Å². The molecule has 4 N–H and O–H groups in total. The molecule has 5 heteroatoms. The SMILES string of the molecule is CC(=O)O.Cc1n[13c]([15NH2])[13cH]c2[nH]c3ccccc3c12. The van der Waals surface area contributed by atoms with Crippen molar-refractivity contribution in [2.24, 2.45) is 0 Å². The van der Waals surface area contributed by atoms with Gasteiger partial charge in [-0.05, 0) is 13.0 Å². The fourth-order valence-corrected chi connectivity index (χ4v) is 2.09. The number of aliphatic carboxylic acids is 1. The molecule has 98 valence electrons. The molecule has 5 nitrogen and oxygen atoms in total. The van der Waals surface area contributed by atoms with Crippen molar-refractivity contribution in [3.63, 3.8) is 0 Å². The molecule has 0 aliphatic heterocycles. The Morgan fingerprint density at radius 3 is 2.63 bits per heavy atom. The van der Waals surface area contributed by atoms with Gasteiger partial charge in [0.25, 0.3) is 5.97 Å². The van der Waals surface area contributed by atoms with E-state index in [2.05, 4.69) is 22.1 Å². The standard InChI is InChI=1S/C12H11N3.C2H4O2/c1-7-12-8-4-2-3-5-9(8)15-10(12)6-11(13)14-7;1-2(3)4/h2-6,15H,1H3,(H2,13,14);1H3,(H,3,4)/i6+1,11+1,13+1;. The number of aromatic amines is 1. The second kappa shape index (κ2) is 4.97. The summed E-state index contributed by atoms with van der Waals surface area (Å²) in [4.78, 5) is 16.6. The van der Waals surface area contributed by atoms with Crippen LogP contribution >= 0.6 is 0 Å². The summed E-state index contributed by atoms with van der Waals surface area (Å²) < 4.78 is 0. The van der Waals surface area contributed by atoms with Gasteiger partial charge in [0.15, 0.2) is 0 Å². The van der Waals surface area contributed by atoms with Crippen LogP contribution < -0.4 is 5.73 Å². The third-order valence-electron chi connectivity index (χ3n) is 2.69. The van der Waals surface area contributed by atoms with E-state index in [1.54, 1.807) is 0 Å². The third-order valence-corrected chi connectivity index (χ3v) is 2.69. The zero-order valence-corrected chi connectivity index (χ0v) is 10.8. The third kappa shape index (κ3) is 2.65. The Morgan fingerprint density at radius 2 is 1.95 bits per heavy atom. The summed E-state index contributed by atoms with van der Waals surface area (Å²) in [5, 5.41) is 9.79. The highest BCUT2D eigenvalue weighted by atomic mass is 16.4. The number of aryl methyl sites for hydroxylation is 1. The molecular formula is C14H15N3O2. The first kappa shape index (κ1) is 12.9. The lowest BCUT2D eigenvalue weighted by molar-refractivity contribution is -0.134. The zero-order chi connectivity index (χ0) is 14.0. The number of carboxylic acid groups (broad SMARTS) is 1. The van der Waals surface area contributed by atoms with Crippen LogP contribution in [-0.4, -0.2) is 21.0 Å². The summed E-state index contributed by atoms with van der Waals surface area (Å²) in [6.07, 6.45) is 0. The number of nitrogens with two attached hydrogens (primary N) is 1. The number of pyridine rings is 1. The molecule has 1 aromatic carbocycles. The van der Waals surface area contributed by atoms with E-state index in [9.17, 15) is 0 Å². The molecule has 0 aliphatic carbocycles. The molecule has 0 saturated carbocycles. The molecule has 0 unspecified atom stereocenters. The number of H-pyrrole nitrogens is 1. The molecule has 0 aliphatic rings. The Balaban J connectivity index is 0.000000297. The van der Waals surface area contributed by atoms with Crippen molar-refractivity contribution in [2.45, 2.75) is 13.8 Å². The van der Waals surface area contributed by atoms with E-state index in [1.807, 2.05) is 25.1 Å². The number of nitrogens with one attached hydrogen (secondary N) is 1. The van der Waals surface area contributed by atoms with Crippen LogP contribution in [0.3, 0.4) is 0 Å². The Kier molecular flexibility index (Phi) is 3.37. The van der Waals surface area contributed by atoms with E-state index in [1.165, 1.54) is 10.8 Å². The van der Waals surface area contributed by atoms with Crippen molar-refractivity contribution in [1.29, 1.82) is 0 Å². The second-order valence-corrected chi connectivity index (χ2v) is 4.24. The van der Waals surface area contributed by atoms with E-state index in [0.29, 0.717) is 5.82 Å². The molecule has 0 amide bonds. The lowest BCUT2D eigenvalue weighted by Gasteiger charge is -1.98. The number of benzene rings is 1. The maximum absolute atomic E-state index is 9.00. The normalized spacial score (nSPS) is 10.2. The molecule has 0 bridgehead atoms. The van der Waals surface area contributed by atoms with Crippen molar-refractivity contribution in [2.75, 3.05) is 5.73 Å². The lowest BCUT2D eigenvalue weighted by Crippen LogP contribution is -1.91. The summed E-state index contributed by atoms with van der Waals surface area (Å²) in [5.74, 6) is -0.272. The minimum absolute atomic E-state index is 0.562. The van der Waals surface area contributed by atoms with Gasteiger partial charge in [-0.2, -0.15) is 0 Å². The molecule has 0 radical (unpaired) electrons. The molecule has 3 rings (SSSR count). The highest BCUT2D eigenvalue weighted by Crippen LogP contribution is 2.27. The van der Waals surface area contributed by atoms with Crippen LogP contribution in [0.1, 0.15) is 12.6 Å². The van der Waals surface area contributed by atoms with Crippen molar-refractivity contribution >= 4 is 33.6 Å². The maximum atomic E-state index is 9.00. The van der Waals surface area contributed by atoms with Crippen LogP contribution in [0.4, 0.5) is 5.82 Å². The number of nitrogens with zero attached hydrogens (tertiary/aromatic N) is 1. The monoisotopic (exact) mass is 260 g/mol. The first-order chi connectivity index (χ1) is 8.99. The van der Waals surface area contributed by atoms with Gasteiger partial charge in [0, 0.05) is 35.0 Å². The molecule has 3 aromatic rings. The number of carbonyl (C=O) groups is 1. The Labute approximate surface area is 110 Å². The number of aromatic nitrogens is 2. The molecule has 2 heterocycles. The number of carboxylic acids is 1. The van der Waals surface area contributed by atoms with Gasteiger partial charge in [0.1, 0.15) is 5.82 Å². The highest BCUT2D eigenvalue weighted by Gasteiger charge is 2.07. The molecule has 0 saturated heterocycles. The number of para-hydroxylation sites is 1. The van der Waals surface area contributed by atoms with Crippen molar-refractivity contribution in [1.82, 2.24) is 9.97 Å². The van der Waals surface area contributed by atoms with Crippen molar-refractivity contribution < 1.29 is 9.90 Å². The van der Waals surface area contributed by atoms with Gasteiger partial charge in [0.05, 0.1) is 5.52 Å². The minimum atomic E-state index is -0.833. The molecule has 0 spiro atoms. The van der Waals surface area contributed by atoms with Crippen LogP contribution in [0.25, 0.3) is 21.8 Å². The smallest absolute Gasteiger partial charge is 0.300 e. The molecule has 2 aromatic heterocycles. The fraction of sp³-hybridized carbons (Fsp3) is 0.143. The van der Waals surface area contributed by atoms with Crippen molar-refractivity contribution in [3.05, 3.63) is 36.0 Å². The van der Waals surface area contributed by atoms with Crippen LogP contribution in [0, 0.1) is 6.92 Å². The van der Waals surface area contributed by atoms with Gasteiger partial charge in [-0.15, -0.1) is 0 Å². The van der Waals surface area contributed by atoms with E-state index >= 15 is 0 Å². The predicted octanol–water partition coefficient (Wildman–Crippen LogP) is 2.70. The van der Waals surface area contributed by atoms with E-state index in [0.717, 1.165) is 23.7 Å². The summed E-state index contributed by atoms with van der Waals surface area (Å²) >= 11 is 0. The van der Waals surface area contributed by atoms with Gasteiger partial charge in [-0.25, -0.2) is 4.98 Å². The molecule has 0 fully saturated rings. The molecule has 0 atom stereocenters. The Bertz CT molecular complexity index is 743. The van der Waals surface area contributed by atoms with Crippen molar-refractivity contribution in [3.8, 4) is 0 Å². The quantitative estimate of drug-likeness (QED) is 0.542. The Morgan fingerprint density at radius 1 is 1.32 bits per heavy atom. The van der Waals surface area contributed by atoms with E-state index < -0.39 is 5.97 Å². The average Bonchev–Trinajstić information content (AvgIpc) is 2.65. The summed E-state index contributed by atoms with van der Waals surface area (Å²) in [6, 6.07) is 10.1. The highest BCUT2D eigenvalue weighted by molar-refractivity contribution is 6.08. The predicted molar refractivity (Wildman–Crippen MR) is 76.1 cm³/mol. The summed E-state index contributed by atoms with van der Waals surface area (Å²) in [6.45, 7) is 3.07. The van der Waals surface area contributed by atoms with Crippen LogP contribution in [-0.2, 0) is 4.79 Å². The van der Waals surface area contributed by atoms with Gasteiger partial charge >= 0.3 is 0 Å². The first-order valence-electron chi connectivity index (χ1n) is 5.82. The fourth-order valence-electron chi connectivity index (χ4n) is 2.09. The number of hydrogen-bond acceptors (Lipinski definition) is 3. The number of hydrogen-bond donors (Lipinski definition) is 3. The Hall–Kier alpha value is -2.56. The second-order valence-electron chi connectivity index (χ2n) is 4.24. The maximum Gasteiger partial charge on any atom is 0.300 e. The van der Waals surface area contributed by atoms with Crippen LogP contribution in [0.2, 0.25) is 0 Å². The van der Waals surface area contributed by atoms with E-state index in [-0.39, 0.29) is 0 Å². The number of anilines is 1. The van der Waals surface area contributed by atoms with Gasteiger partial charge < -0.3 is 15.8 Å². The van der Waals surface area contributed by atoms with Crippen LogP contribution in [0.15, 0.2) is 30.3 Å². The van der Waals surface area contributed by atoms with Gasteiger partial charge in [0.2, 0.25) is 0 Å². The largest absolute Gasteiger partial charge is 0.481 e.